The summed E-state index contributed by atoms with van der Waals surface area (Å²) in [5.41, 5.74) is 1.34. The molecular formula is C18H16O. The van der Waals surface area contributed by atoms with Crippen LogP contribution in [-0.4, -0.2) is 6.29 Å². The minimum atomic E-state index is 0.643. The molecule has 0 spiro atoms. The first-order valence-electron chi connectivity index (χ1n) is 6.73. The van der Waals surface area contributed by atoms with Crippen LogP contribution in [0.3, 0.4) is 0 Å². The van der Waals surface area contributed by atoms with Crippen molar-refractivity contribution in [3.63, 3.8) is 0 Å². The number of unbranched alkanes of at least 4 members (excludes halogenated alkanes) is 1. The highest BCUT2D eigenvalue weighted by Crippen LogP contribution is 2.28. The van der Waals surface area contributed by atoms with Crippen molar-refractivity contribution in [2.45, 2.75) is 19.3 Å². The summed E-state index contributed by atoms with van der Waals surface area (Å²) in [5.74, 6) is 0. The molecule has 0 aliphatic rings. The molecule has 3 aromatic carbocycles. The third kappa shape index (κ3) is 2.24. The summed E-state index contributed by atoms with van der Waals surface area (Å²) < 4.78 is 0. The lowest BCUT2D eigenvalue weighted by atomic mass is 9.96. The molecule has 0 atom stereocenters. The Hall–Kier alpha value is -2.15. The Balaban J connectivity index is 2.15. The Bertz CT molecular complexity index is 728. The average molecular weight is 248 g/mol. The van der Waals surface area contributed by atoms with Crippen molar-refractivity contribution in [1.82, 2.24) is 0 Å². The minimum absolute atomic E-state index is 0.643. The summed E-state index contributed by atoms with van der Waals surface area (Å²) in [4.78, 5) is 10.4. The predicted octanol–water partition coefficient (Wildman–Crippen LogP) is 4.51. The van der Waals surface area contributed by atoms with Gasteiger partial charge in [0, 0.05) is 6.42 Å². The van der Waals surface area contributed by atoms with Gasteiger partial charge in [0.2, 0.25) is 0 Å². The van der Waals surface area contributed by atoms with E-state index in [2.05, 4.69) is 54.6 Å². The van der Waals surface area contributed by atoms with Gasteiger partial charge in [-0.25, -0.2) is 0 Å². The monoisotopic (exact) mass is 248 g/mol. The van der Waals surface area contributed by atoms with Gasteiger partial charge in [-0.05, 0) is 39.9 Å². The van der Waals surface area contributed by atoms with E-state index in [4.69, 9.17) is 0 Å². The summed E-state index contributed by atoms with van der Waals surface area (Å²) >= 11 is 0. The minimum Gasteiger partial charge on any atom is -0.303 e. The second-order valence-electron chi connectivity index (χ2n) is 4.86. The number of rotatable bonds is 4. The van der Waals surface area contributed by atoms with E-state index in [1.807, 2.05) is 0 Å². The first-order valence-corrected chi connectivity index (χ1v) is 6.73. The van der Waals surface area contributed by atoms with E-state index in [0.717, 1.165) is 19.1 Å². The number of carbonyl (C=O) groups is 1. The first-order chi connectivity index (χ1) is 9.40. The first kappa shape index (κ1) is 11.9. The fourth-order valence-corrected chi connectivity index (χ4v) is 2.70. The van der Waals surface area contributed by atoms with E-state index in [-0.39, 0.29) is 0 Å². The van der Waals surface area contributed by atoms with Crippen LogP contribution in [-0.2, 0) is 11.2 Å². The van der Waals surface area contributed by atoms with Crippen LogP contribution in [0.5, 0.6) is 0 Å². The smallest absolute Gasteiger partial charge is 0.120 e. The molecule has 94 valence electrons. The van der Waals surface area contributed by atoms with Gasteiger partial charge >= 0.3 is 0 Å². The average Bonchev–Trinajstić information content (AvgIpc) is 2.47. The Morgan fingerprint density at radius 3 is 2.53 bits per heavy atom. The molecule has 0 radical (unpaired) electrons. The molecule has 0 heterocycles. The highest BCUT2D eigenvalue weighted by atomic mass is 16.1. The number of carbonyl (C=O) groups excluding carboxylic acids is 1. The standard InChI is InChI=1S/C18H16O/c19-13-4-3-7-14-8-5-10-18-16-9-2-1-6-15(16)11-12-17(14)18/h1-2,5-6,8-13H,3-4,7H2. The summed E-state index contributed by atoms with van der Waals surface area (Å²) in [6.07, 6.45) is 3.54. The van der Waals surface area contributed by atoms with Crippen molar-refractivity contribution in [2.24, 2.45) is 0 Å². The Morgan fingerprint density at radius 2 is 1.63 bits per heavy atom. The molecule has 1 heteroatoms. The lowest BCUT2D eigenvalue weighted by molar-refractivity contribution is -0.107. The van der Waals surface area contributed by atoms with Crippen LogP contribution in [0.15, 0.2) is 54.6 Å². The Labute approximate surface area is 112 Å². The van der Waals surface area contributed by atoms with Gasteiger partial charge in [-0.15, -0.1) is 0 Å². The molecule has 0 fully saturated rings. The topological polar surface area (TPSA) is 17.1 Å². The van der Waals surface area contributed by atoms with Crippen molar-refractivity contribution in [2.75, 3.05) is 0 Å². The van der Waals surface area contributed by atoms with E-state index >= 15 is 0 Å². The summed E-state index contributed by atoms with van der Waals surface area (Å²) in [5, 5.41) is 5.20. The van der Waals surface area contributed by atoms with Crippen LogP contribution in [0.1, 0.15) is 18.4 Å². The Morgan fingerprint density at radius 1 is 0.789 bits per heavy atom. The number of aryl methyl sites for hydroxylation is 1. The van der Waals surface area contributed by atoms with E-state index < -0.39 is 0 Å². The zero-order chi connectivity index (χ0) is 13.1. The van der Waals surface area contributed by atoms with Crippen LogP contribution in [0.25, 0.3) is 21.5 Å². The molecule has 0 unspecified atom stereocenters. The second kappa shape index (κ2) is 5.23. The van der Waals surface area contributed by atoms with Crippen LogP contribution in [0.2, 0.25) is 0 Å². The molecule has 0 N–H and O–H groups in total. The predicted molar refractivity (Wildman–Crippen MR) is 80.5 cm³/mol. The molecule has 0 amide bonds. The molecule has 3 rings (SSSR count). The zero-order valence-corrected chi connectivity index (χ0v) is 10.8. The van der Waals surface area contributed by atoms with Gasteiger partial charge in [0.05, 0.1) is 0 Å². The SMILES string of the molecule is O=CCCCc1cccc2c1ccc1ccccc12. The molecule has 0 aromatic heterocycles. The highest BCUT2D eigenvalue weighted by molar-refractivity contribution is 6.08. The largest absolute Gasteiger partial charge is 0.303 e. The molecule has 0 saturated heterocycles. The second-order valence-corrected chi connectivity index (χ2v) is 4.86. The van der Waals surface area contributed by atoms with Gasteiger partial charge in [-0.3, -0.25) is 0 Å². The Kier molecular flexibility index (Phi) is 3.28. The molecule has 1 nitrogen and oxygen atoms in total. The van der Waals surface area contributed by atoms with Gasteiger partial charge in [0.15, 0.2) is 0 Å². The molecular weight excluding hydrogens is 232 g/mol. The summed E-state index contributed by atoms with van der Waals surface area (Å²) in [7, 11) is 0. The maximum atomic E-state index is 10.4. The van der Waals surface area contributed by atoms with Crippen LogP contribution in [0.4, 0.5) is 0 Å². The van der Waals surface area contributed by atoms with Gasteiger partial charge in [-0.2, -0.15) is 0 Å². The number of benzene rings is 3. The lowest BCUT2D eigenvalue weighted by Gasteiger charge is -2.08. The normalized spacial score (nSPS) is 10.9. The molecule has 0 saturated carbocycles. The van der Waals surface area contributed by atoms with Crippen LogP contribution in [0, 0.1) is 0 Å². The number of aldehydes is 1. The van der Waals surface area contributed by atoms with E-state index in [1.54, 1.807) is 0 Å². The zero-order valence-electron chi connectivity index (χ0n) is 10.8. The van der Waals surface area contributed by atoms with E-state index in [9.17, 15) is 4.79 Å². The summed E-state index contributed by atoms with van der Waals surface area (Å²) in [6, 6.07) is 19.3. The van der Waals surface area contributed by atoms with Gasteiger partial charge in [0.1, 0.15) is 6.29 Å². The maximum absolute atomic E-state index is 10.4. The van der Waals surface area contributed by atoms with E-state index in [0.29, 0.717) is 6.42 Å². The van der Waals surface area contributed by atoms with E-state index in [1.165, 1.54) is 27.1 Å². The van der Waals surface area contributed by atoms with Crippen molar-refractivity contribution < 1.29 is 4.79 Å². The third-order valence-corrected chi connectivity index (χ3v) is 3.65. The molecule has 3 aromatic rings. The van der Waals surface area contributed by atoms with Crippen molar-refractivity contribution in [3.8, 4) is 0 Å². The maximum Gasteiger partial charge on any atom is 0.120 e. The third-order valence-electron chi connectivity index (χ3n) is 3.65. The van der Waals surface area contributed by atoms with Crippen molar-refractivity contribution in [1.29, 1.82) is 0 Å². The van der Waals surface area contributed by atoms with Crippen LogP contribution >= 0.6 is 0 Å². The quantitative estimate of drug-likeness (QED) is 0.377. The van der Waals surface area contributed by atoms with Crippen LogP contribution < -0.4 is 0 Å². The van der Waals surface area contributed by atoms with Gasteiger partial charge in [-0.1, -0.05) is 54.6 Å². The molecule has 0 bridgehead atoms. The van der Waals surface area contributed by atoms with Gasteiger partial charge < -0.3 is 4.79 Å². The number of fused-ring (bicyclic) bond motifs is 3. The molecule has 0 aliphatic heterocycles. The number of hydrogen-bond acceptors (Lipinski definition) is 1. The fourth-order valence-electron chi connectivity index (χ4n) is 2.70. The lowest BCUT2D eigenvalue weighted by Crippen LogP contribution is -1.89. The summed E-state index contributed by atoms with van der Waals surface area (Å²) in [6.45, 7) is 0. The van der Waals surface area contributed by atoms with Gasteiger partial charge in [0.25, 0.3) is 0 Å². The number of hydrogen-bond donors (Lipinski definition) is 0. The fraction of sp³-hybridized carbons (Fsp3) is 0.167. The van der Waals surface area contributed by atoms with Crippen molar-refractivity contribution in [3.05, 3.63) is 60.2 Å². The van der Waals surface area contributed by atoms with Crippen molar-refractivity contribution >= 4 is 27.8 Å². The molecule has 0 aliphatic carbocycles. The highest BCUT2D eigenvalue weighted by Gasteiger charge is 2.04. The molecule has 19 heavy (non-hydrogen) atoms.